The van der Waals surface area contributed by atoms with Gasteiger partial charge in [-0.2, -0.15) is 0 Å². The Labute approximate surface area is 160 Å². The topological polar surface area (TPSA) is 93.3 Å². The van der Waals surface area contributed by atoms with Crippen LogP contribution < -0.4 is 10.6 Å². The van der Waals surface area contributed by atoms with Gasteiger partial charge in [0.1, 0.15) is 11.4 Å². The number of aliphatic imine (C=N–C) groups is 1. The molecule has 1 atom stereocenters. The highest BCUT2D eigenvalue weighted by Gasteiger charge is 2.28. The fourth-order valence-electron chi connectivity index (χ4n) is 3.14. The average molecular weight is 377 g/mol. The molecule has 1 unspecified atom stereocenters. The molecule has 0 spiro atoms. The fraction of sp³-hybridized carbons (Fsp3) is 0.684. The molecule has 1 aromatic rings. The summed E-state index contributed by atoms with van der Waals surface area (Å²) >= 11 is 0. The van der Waals surface area contributed by atoms with E-state index in [1.807, 2.05) is 6.92 Å². The second-order valence-electron chi connectivity index (χ2n) is 7.53. The van der Waals surface area contributed by atoms with Crippen molar-refractivity contribution in [3.05, 3.63) is 24.2 Å². The van der Waals surface area contributed by atoms with Crippen molar-refractivity contribution in [2.45, 2.75) is 38.3 Å². The number of hydrogen-bond acceptors (Lipinski definition) is 5. The van der Waals surface area contributed by atoms with Crippen molar-refractivity contribution in [2.75, 3.05) is 45.8 Å². The van der Waals surface area contributed by atoms with Crippen LogP contribution >= 0.6 is 0 Å². The largest absolute Gasteiger partial charge is 0.466 e. The van der Waals surface area contributed by atoms with Crippen molar-refractivity contribution in [3.8, 4) is 0 Å². The van der Waals surface area contributed by atoms with Crippen LogP contribution in [0.3, 0.4) is 0 Å². The highest BCUT2D eigenvalue weighted by Crippen LogP contribution is 2.21. The van der Waals surface area contributed by atoms with Crippen molar-refractivity contribution in [3.63, 3.8) is 0 Å². The minimum Gasteiger partial charge on any atom is -0.466 e. The Kier molecular flexibility index (Phi) is 6.38. The maximum Gasteiger partial charge on any atom is 0.234 e. The van der Waals surface area contributed by atoms with Crippen LogP contribution in [0.25, 0.3) is 0 Å². The van der Waals surface area contributed by atoms with Crippen LogP contribution in [0.4, 0.5) is 0 Å². The van der Waals surface area contributed by atoms with Gasteiger partial charge in [-0.1, -0.05) is 0 Å². The molecule has 0 aromatic carbocycles. The molecule has 2 heterocycles. The summed E-state index contributed by atoms with van der Waals surface area (Å²) in [6.07, 6.45) is 3.78. The van der Waals surface area contributed by atoms with E-state index < -0.39 is 5.60 Å². The fourth-order valence-corrected chi connectivity index (χ4v) is 3.14. The van der Waals surface area contributed by atoms with E-state index in [-0.39, 0.29) is 12.5 Å². The number of carbonyl (C=O) groups is 1. The summed E-state index contributed by atoms with van der Waals surface area (Å²) in [5.41, 5.74) is -1.15. The van der Waals surface area contributed by atoms with E-state index in [0.29, 0.717) is 18.3 Å². The number of nitrogens with zero attached hydrogens (tertiary/aromatic N) is 3. The van der Waals surface area contributed by atoms with Crippen LogP contribution in [0.1, 0.15) is 32.4 Å². The molecule has 8 heteroatoms. The molecule has 8 nitrogen and oxygen atoms in total. The van der Waals surface area contributed by atoms with Crippen LogP contribution in [0.2, 0.25) is 0 Å². The van der Waals surface area contributed by atoms with Gasteiger partial charge in [-0.05, 0) is 38.8 Å². The molecule has 2 aliphatic rings. The predicted molar refractivity (Wildman–Crippen MR) is 103 cm³/mol. The highest BCUT2D eigenvalue weighted by molar-refractivity contribution is 5.80. The van der Waals surface area contributed by atoms with Gasteiger partial charge in [0.05, 0.1) is 19.4 Å². The smallest absolute Gasteiger partial charge is 0.234 e. The lowest BCUT2D eigenvalue weighted by Gasteiger charge is -2.36. The number of amides is 1. The molecule has 0 bridgehead atoms. The Hall–Kier alpha value is -2.06. The molecule has 150 valence electrons. The van der Waals surface area contributed by atoms with Crippen LogP contribution in [-0.2, 0) is 10.4 Å². The summed E-state index contributed by atoms with van der Waals surface area (Å²) in [6, 6.07) is 3.93. The third-order valence-corrected chi connectivity index (χ3v) is 4.91. The summed E-state index contributed by atoms with van der Waals surface area (Å²) in [4.78, 5) is 20.9. The van der Waals surface area contributed by atoms with E-state index in [1.54, 1.807) is 25.3 Å². The Balaban J connectivity index is 1.52. The molecule has 3 N–H and O–H groups in total. The summed E-state index contributed by atoms with van der Waals surface area (Å²) in [5, 5.41) is 16.9. The zero-order chi connectivity index (χ0) is 19.3. The van der Waals surface area contributed by atoms with Gasteiger partial charge in [0.2, 0.25) is 5.91 Å². The Morgan fingerprint density at radius 2 is 2.11 bits per heavy atom. The minimum absolute atomic E-state index is 0.126. The Morgan fingerprint density at radius 3 is 2.70 bits per heavy atom. The van der Waals surface area contributed by atoms with Gasteiger partial charge in [-0.25, -0.2) is 4.99 Å². The molecule has 1 saturated carbocycles. The first kappa shape index (κ1) is 19.7. The number of piperazine rings is 1. The third kappa shape index (κ3) is 5.71. The molecule has 1 amide bonds. The van der Waals surface area contributed by atoms with Gasteiger partial charge < -0.3 is 25.1 Å². The van der Waals surface area contributed by atoms with E-state index in [4.69, 9.17) is 4.42 Å². The maximum absolute atomic E-state index is 12.0. The number of aliphatic hydroxyl groups is 1. The van der Waals surface area contributed by atoms with E-state index >= 15 is 0 Å². The van der Waals surface area contributed by atoms with E-state index in [1.165, 1.54) is 0 Å². The van der Waals surface area contributed by atoms with Gasteiger partial charge in [0, 0.05) is 38.8 Å². The van der Waals surface area contributed by atoms with Gasteiger partial charge in [0.25, 0.3) is 0 Å². The Bertz CT molecular complexity index is 632. The van der Waals surface area contributed by atoms with Gasteiger partial charge in [0.15, 0.2) is 5.96 Å². The highest BCUT2D eigenvalue weighted by atomic mass is 16.4. The molecule has 1 aliphatic carbocycles. The summed E-state index contributed by atoms with van der Waals surface area (Å²) in [6.45, 7) is 8.39. The normalized spacial score (nSPS) is 21.0. The molecule has 3 rings (SSSR count). The lowest BCUT2D eigenvalue weighted by molar-refractivity contribution is -0.122. The number of carbonyl (C=O) groups excluding carboxylic acids is 1. The monoisotopic (exact) mass is 377 g/mol. The molecular formula is C19H31N5O3. The first-order valence-electron chi connectivity index (χ1n) is 9.79. The van der Waals surface area contributed by atoms with Crippen LogP contribution in [0.5, 0.6) is 0 Å². The zero-order valence-corrected chi connectivity index (χ0v) is 16.3. The number of rotatable bonds is 7. The second-order valence-corrected chi connectivity index (χ2v) is 7.53. The van der Waals surface area contributed by atoms with Gasteiger partial charge in [-0.15, -0.1) is 0 Å². The number of furan rings is 1. The van der Waals surface area contributed by atoms with Gasteiger partial charge >= 0.3 is 0 Å². The summed E-state index contributed by atoms with van der Waals surface area (Å²) in [5.74, 6) is 1.42. The maximum atomic E-state index is 12.0. The molecular weight excluding hydrogens is 346 g/mol. The van der Waals surface area contributed by atoms with E-state index in [2.05, 4.69) is 25.4 Å². The molecule has 27 heavy (non-hydrogen) atoms. The number of guanidine groups is 1. The molecule has 1 saturated heterocycles. The molecule has 1 aromatic heterocycles. The minimum atomic E-state index is -1.15. The lowest BCUT2D eigenvalue weighted by atomic mass is 10.0. The molecule has 1 aliphatic heterocycles. The second kappa shape index (κ2) is 8.75. The number of nitrogens with one attached hydrogen (secondary N) is 2. The quantitative estimate of drug-likeness (QED) is 0.469. The first-order valence-corrected chi connectivity index (χ1v) is 9.79. The third-order valence-electron chi connectivity index (χ3n) is 4.91. The van der Waals surface area contributed by atoms with E-state index in [9.17, 15) is 9.90 Å². The van der Waals surface area contributed by atoms with Crippen LogP contribution in [0, 0.1) is 0 Å². The van der Waals surface area contributed by atoms with Crippen molar-refractivity contribution in [1.29, 1.82) is 0 Å². The van der Waals surface area contributed by atoms with Crippen molar-refractivity contribution in [2.24, 2.45) is 4.99 Å². The molecule has 0 radical (unpaired) electrons. The van der Waals surface area contributed by atoms with Crippen molar-refractivity contribution in [1.82, 2.24) is 20.4 Å². The number of hydrogen-bond donors (Lipinski definition) is 3. The predicted octanol–water partition coefficient (Wildman–Crippen LogP) is 0.349. The average Bonchev–Trinajstić information content (AvgIpc) is 3.26. The SMILES string of the molecule is CCNC(=NCC(C)(O)c1ccco1)N1CCN(CC(=O)NC2CC2)CC1. The van der Waals surface area contributed by atoms with Crippen LogP contribution in [-0.4, -0.2) is 78.6 Å². The van der Waals surface area contributed by atoms with E-state index in [0.717, 1.165) is 51.5 Å². The standard InChI is InChI=1S/C19H31N5O3/c1-3-20-18(21-14-19(2,26)16-5-4-12-27-16)24-10-8-23(9-11-24)13-17(25)22-15-6-7-15/h4-5,12,15,26H,3,6-11,13-14H2,1-2H3,(H,20,21)(H,22,25). The van der Waals surface area contributed by atoms with Crippen molar-refractivity contribution < 1.29 is 14.3 Å². The van der Waals surface area contributed by atoms with Crippen LogP contribution in [0.15, 0.2) is 27.8 Å². The zero-order valence-electron chi connectivity index (χ0n) is 16.3. The van der Waals surface area contributed by atoms with Gasteiger partial charge in [-0.3, -0.25) is 9.69 Å². The lowest BCUT2D eigenvalue weighted by Crippen LogP contribution is -2.54. The molecule has 2 fully saturated rings. The summed E-state index contributed by atoms with van der Waals surface area (Å²) < 4.78 is 5.32. The Morgan fingerprint density at radius 1 is 1.37 bits per heavy atom. The summed E-state index contributed by atoms with van der Waals surface area (Å²) in [7, 11) is 0. The van der Waals surface area contributed by atoms with Crippen molar-refractivity contribution >= 4 is 11.9 Å². The first-order chi connectivity index (χ1) is 13.0.